The molecule has 2 rings (SSSR count). The van der Waals surface area contributed by atoms with E-state index in [-0.39, 0.29) is 17.0 Å². The Morgan fingerprint density at radius 1 is 1.50 bits per heavy atom. The van der Waals surface area contributed by atoms with Crippen LogP contribution in [0.3, 0.4) is 0 Å². The summed E-state index contributed by atoms with van der Waals surface area (Å²) in [7, 11) is 1.49. The number of carbonyl (C=O) groups excluding carboxylic acids is 1. The zero-order valence-electron chi connectivity index (χ0n) is 11.5. The molecular formula is C13H19ClN4O2. The molecule has 0 radical (unpaired) electrons. The zero-order valence-corrected chi connectivity index (χ0v) is 12.2. The summed E-state index contributed by atoms with van der Waals surface area (Å²) in [5, 5.41) is 6.21. The number of piperidine rings is 1. The van der Waals surface area contributed by atoms with Crippen molar-refractivity contribution >= 4 is 23.5 Å². The van der Waals surface area contributed by atoms with Crippen molar-refractivity contribution in [3.63, 3.8) is 0 Å². The minimum Gasteiger partial charge on any atom is -0.481 e. The molecule has 7 heteroatoms. The Morgan fingerprint density at radius 3 is 2.95 bits per heavy atom. The van der Waals surface area contributed by atoms with E-state index in [9.17, 15) is 4.79 Å². The first-order chi connectivity index (χ1) is 9.67. The third-order valence-electron chi connectivity index (χ3n) is 3.37. The van der Waals surface area contributed by atoms with Crippen molar-refractivity contribution < 1.29 is 9.53 Å². The van der Waals surface area contributed by atoms with Crippen LogP contribution in [0.1, 0.15) is 25.7 Å². The second-order valence-electron chi connectivity index (χ2n) is 4.84. The van der Waals surface area contributed by atoms with Crippen LogP contribution < -0.4 is 15.4 Å². The molecule has 0 aromatic carbocycles. The topological polar surface area (TPSA) is 76.1 Å². The monoisotopic (exact) mass is 298 g/mol. The minimum atomic E-state index is -0.0900. The van der Waals surface area contributed by atoms with Gasteiger partial charge in [0.2, 0.25) is 17.7 Å². The number of nitrogens with one attached hydrogen (secondary N) is 2. The molecule has 6 nitrogen and oxygen atoms in total. The van der Waals surface area contributed by atoms with Crippen molar-refractivity contribution in [2.24, 2.45) is 5.92 Å². The van der Waals surface area contributed by atoms with Crippen LogP contribution in [0.2, 0.25) is 5.15 Å². The lowest BCUT2D eigenvalue weighted by atomic mass is 9.93. The lowest BCUT2D eigenvalue weighted by Crippen LogP contribution is -2.28. The quantitative estimate of drug-likeness (QED) is 0.812. The van der Waals surface area contributed by atoms with Gasteiger partial charge >= 0.3 is 0 Å². The molecule has 1 aliphatic heterocycles. The van der Waals surface area contributed by atoms with Gasteiger partial charge in [0.1, 0.15) is 5.15 Å². The molecule has 0 aliphatic carbocycles. The van der Waals surface area contributed by atoms with Crippen LogP contribution in [-0.2, 0) is 4.79 Å². The molecule has 1 amide bonds. The second-order valence-corrected chi connectivity index (χ2v) is 5.22. The molecule has 0 spiro atoms. The van der Waals surface area contributed by atoms with Gasteiger partial charge in [-0.1, -0.05) is 11.6 Å². The van der Waals surface area contributed by atoms with Gasteiger partial charge in [-0.3, -0.25) is 10.1 Å². The molecule has 1 aromatic rings. The van der Waals surface area contributed by atoms with Gasteiger partial charge in [-0.2, -0.15) is 4.98 Å². The Labute approximate surface area is 123 Å². The average Bonchev–Trinajstić information content (AvgIpc) is 2.45. The van der Waals surface area contributed by atoms with E-state index >= 15 is 0 Å². The van der Waals surface area contributed by atoms with E-state index in [4.69, 9.17) is 16.3 Å². The molecule has 1 aliphatic rings. The van der Waals surface area contributed by atoms with Gasteiger partial charge in [0.15, 0.2) is 0 Å². The maximum absolute atomic E-state index is 11.9. The first-order valence-corrected chi connectivity index (χ1v) is 7.14. The highest BCUT2D eigenvalue weighted by Crippen LogP contribution is 2.19. The molecule has 1 saturated heterocycles. The molecule has 20 heavy (non-hydrogen) atoms. The van der Waals surface area contributed by atoms with Crippen LogP contribution in [-0.4, -0.2) is 36.1 Å². The summed E-state index contributed by atoms with van der Waals surface area (Å²) in [6, 6.07) is 1.49. The molecule has 1 aromatic heterocycles. The largest absolute Gasteiger partial charge is 0.481 e. The summed E-state index contributed by atoms with van der Waals surface area (Å²) in [6.07, 6.45) is 3.64. The van der Waals surface area contributed by atoms with E-state index < -0.39 is 0 Å². The highest BCUT2D eigenvalue weighted by molar-refractivity contribution is 6.29. The molecule has 0 bridgehead atoms. The van der Waals surface area contributed by atoms with Crippen molar-refractivity contribution in [1.29, 1.82) is 0 Å². The second kappa shape index (κ2) is 7.40. The summed E-state index contributed by atoms with van der Waals surface area (Å²) in [6.45, 7) is 2.09. The van der Waals surface area contributed by atoms with E-state index in [1.165, 1.54) is 13.2 Å². The van der Waals surface area contributed by atoms with Crippen LogP contribution in [0.4, 0.5) is 5.95 Å². The Hall–Kier alpha value is -1.40. The fourth-order valence-corrected chi connectivity index (χ4v) is 2.42. The summed E-state index contributed by atoms with van der Waals surface area (Å²) < 4.78 is 4.98. The Bertz CT molecular complexity index is 464. The molecule has 2 heterocycles. The van der Waals surface area contributed by atoms with Gasteiger partial charge < -0.3 is 10.1 Å². The van der Waals surface area contributed by atoms with Crippen molar-refractivity contribution in [2.75, 3.05) is 25.5 Å². The van der Waals surface area contributed by atoms with Crippen molar-refractivity contribution in [1.82, 2.24) is 15.3 Å². The molecule has 1 fully saturated rings. The lowest BCUT2D eigenvalue weighted by molar-refractivity contribution is -0.116. The van der Waals surface area contributed by atoms with E-state index in [2.05, 4.69) is 20.6 Å². The Morgan fingerprint density at radius 2 is 2.25 bits per heavy atom. The molecule has 2 N–H and O–H groups in total. The first-order valence-electron chi connectivity index (χ1n) is 6.76. The predicted octanol–water partition coefficient (Wildman–Crippen LogP) is 1.86. The number of hydrogen-bond acceptors (Lipinski definition) is 5. The lowest BCUT2D eigenvalue weighted by Gasteiger charge is -2.22. The molecule has 110 valence electrons. The standard InChI is InChI=1S/C13H19ClN4O2/c1-20-12-8-10(14)16-13(18-12)17-11(19)3-2-9-4-6-15-7-5-9/h8-9,15H,2-7H2,1H3,(H,16,17,18,19). The number of amides is 1. The van der Waals surface area contributed by atoms with Gasteiger partial charge in [-0.25, -0.2) is 4.98 Å². The van der Waals surface area contributed by atoms with Gasteiger partial charge in [0, 0.05) is 12.5 Å². The third kappa shape index (κ3) is 4.61. The van der Waals surface area contributed by atoms with Crippen LogP contribution in [0.25, 0.3) is 0 Å². The summed E-state index contributed by atoms with van der Waals surface area (Å²) in [4.78, 5) is 19.9. The normalized spacial score (nSPS) is 15.9. The zero-order chi connectivity index (χ0) is 14.4. The van der Waals surface area contributed by atoms with Gasteiger partial charge in [0.05, 0.1) is 7.11 Å². The van der Waals surface area contributed by atoms with Crippen LogP contribution in [0.5, 0.6) is 5.88 Å². The number of rotatable bonds is 5. The van der Waals surface area contributed by atoms with E-state index in [0.717, 1.165) is 32.4 Å². The van der Waals surface area contributed by atoms with E-state index in [1.807, 2.05) is 0 Å². The van der Waals surface area contributed by atoms with Gasteiger partial charge in [-0.15, -0.1) is 0 Å². The predicted molar refractivity (Wildman–Crippen MR) is 77.1 cm³/mol. The molecule has 0 atom stereocenters. The van der Waals surface area contributed by atoms with Crippen molar-refractivity contribution in [3.8, 4) is 5.88 Å². The number of methoxy groups -OCH3 is 1. The molecular weight excluding hydrogens is 280 g/mol. The van der Waals surface area contributed by atoms with Crippen LogP contribution in [0, 0.1) is 5.92 Å². The summed E-state index contributed by atoms with van der Waals surface area (Å²) in [5.74, 6) is 1.05. The Balaban J connectivity index is 1.83. The number of halogens is 1. The van der Waals surface area contributed by atoms with Crippen LogP contribution >= 0.6 is 11.6 Å². The van der Waals surface area contributed by atoms with Crippen molar-refractivity contribution in [2.45, 2.75) is 25.7 Å². The maximum atomic E-state index is 11.9. The van der Waals surface area contributed by atoms with Gasteiger partial charge in [0.25, 0.3) is 0 Å². The van der Waals surface area contributed by atoms with E-state index in [0.29, 0.717) is 18.2 Å². The fourth-order valence-electron chi connectivity index (χ4n) is 2.25. The maximum Gasteiger partial charge on any atom is 0.234 e. The summed E-state index contributed by atoms with van der Waals surface area (Å²) >= 11 is 5.82. The molecule has 0 saturated carbocycles. The summed E-state index contributed by atoms with van der Waals surface area (Å²) in [5.41, 5.74) is 0. The fraction of sp³-hybridized carbons (Fsp3) is 0.615. The van der Waals surface area contributed by atoms with Crippen LogP contribution in [0.15, 0.2) is 6.07 Å². The smallest absolute Gasteiger partial charge is 0.234 e. The SMILES string of the molecule is COc1cc(Cl)nc(NC(=O)CCC2CCNCC2)n1. The highest BCUT2D eigenvalue weighted by Gasteiger charge is 2.15. The number of nitrogens with zero attached hydrogens (tertiary/aromatic N) is 2. The van der Waals surface area contributed by atoms with E-state index in [1.54, 1.807) is 0 Å². The molecule has 0 unspecified atom stereocenters. The third-order valence-corrected chi connectivity index (χ3v) is 3.56. The van der Waals surface area contributed by atoms with Gasteiger partial charge in [-0.05, 0) is 38.3 Å². The number of carbonyl (C=O) groups is 1. The van der Waals surface area contributed by atoms with Crippen molar-refractivity contribution in [3.05, 3.63) is 11.2 Å². The Kier molecular flexibility index (Phi) is 5.55. The number of aromatic nitrogens is 2. The number of anilines is 1. The number of hydrogen-bond donors (Lipinski definition) is 2. The first kappa shape index (κ1) is 15.0. The average molecular weight is 299 g/mol. The number of ether oxygens (including phenoxy) is 1. The highest BCUT2D eigenvalue weighted by atomic mass is 35.5. The minimum absolute atomic E-state index is 0.0900.